The molecule has 0 aliphatic rings. The summed E-state index contributed by atoms with van der Waals surface area (Å²) >= 11 is 1.69. The second kappa shape index (κ2) is 5.25. The highest BCUT2D eigenvalue weighted by Gasteiger charge is 2.17. The molecule has 3 heteroatoms. The van der Waals surface area contributed by atoms with E-state index in [9.17, 15) is 4.79 Å². The molecule has 0 aliphatic heterocycles. The molecule has 19 heavy (non-hydrogen) atoms. The molecule has 0 unspecified atom stereocenters. The molecule has 0 amide bonds. The van der Waals surface area contributed by atoms with Crippen molar-refractivity contribution >= 4 is 17.6 Å². The first kappa shape index (κ1) is 13.9. The monoisotopic (exact) mass is 273 g/mol. The molecule has 2 nitrogen and oxygen atoms in total. The summed E-state index contributed by atoms with van der Waals surface area (Å²) in [6.07, 6.45) is 1.69. The molecule has 0 N–H and O–H groups in total. The fraction of sp³-hybridized carbons (Fsp3) is 0.375. The van der Waals surface area contributed by atoms with Crippen LogP contribution in [0.2, 0.25) is 0 Å². The Labute approximate surface area is 118 Å². The first-order valence-electron chi connectivity index (χ1n) is 6.40. The molecule has 0 saturated heterocycles. The lowest BCUT2D eigenvalue weighted by Gasteiger charge is -2.14. The van der Waals surface area contributed by atoms with Gasteiger partial charge < -0.3 is 0 Å². The van der Waals surface area contributed by atoms with E-state index in [1.807, 2.05) is 18.2 Å². The van der Waals surface area contributed by atoms with E-state index < -0.39 is 0 Å². The van der Waals surface area contributed by atoms with Crippen molar-refractivity contribution in [3.05, 3.63) is 51.0 Å². The molecule has 0 bridgehead atoms. The van der Waals surface area contributed by atoms with Crippen molar-refractivity contribution in [3.8, 4) is 0 Å². The van der Waals surface area contributed by atoms with E-state index in [2.05, 4.69) is 33.1 Å². The van der Waals surface area contributed by atoms with Gasteiger partial charge in [-0.05, 0) is 24.1 Å². The number of aromatic nitrogens is 1. The summed E-state index contributed by atoms with van der Waals surface area (Å²) in [5, 5.41) is 3.24. The molecular formula is C16H19NOS. The number of thiazole rings is 1. The molecule has 0 spiro atoms. The Bertz CT molecular complexity index is 593. The Morgan fingerprint density at radius 2 is 2.05 bits per heavy atom. The molecule has 1 heterocycles. The summed E-state index contributed by atoms with van der Waals surface area (Å²) in [7, 11) is 0. The van der Waals surface area contributed by atoms with E-state index in [0.29, 0.717) is 0 Å². The minimum absolute atomic E-state index is 0.0917. The van der Waals surface area contributed by atoms with Crippen molar-refractivity contribution in [2.45, 2.75) is 39.5 Å². The molecule has 0 radical (unpaired) electrons. The van der Waals surface area contributed by atoms with Crippen LogP contribution in [0.25, 0.3) is 0 Å². The predicted molar refractivity (Wildman–Crippen MR) is 80.2 cm³/mol. The summed E-state index contributed by atoms with van der Waals surface area (Å²) in [4.78, 5) is 15.5. The van der Waals surface area contributed by atoms with Gasteiger partial charge in [-0.2, -0.15) is 0 Å². The third kappa shape index (κ3) is 3.29. The lowest BCUT2D eigenvalue weighted by molar-refractivity contribution is 0.112. The fourth-order valence-electron chi connectivity index (χ4n) is 1.85. The third-order valence-corrected chi connectivity index (χ3v) is 4.02. The maximum absolute atomic E-state index is 10.8. The maximum Gasteiger partial charge on any atom is 0.150 e. The Balaban J connectivity index is 2.26. The quantitative estimate of drug-likeness (QED) is 0.786. The largest absolute Gasteiger partial charge is 0.298 e. The van der Waals surface area contributed by atoms with Gasteiger partial charge in [0.25, 0.3) is 0 Å². The van der Waals surface area contributed by atoms with Crippen molar-refractivity contribution in [1.82, 2.24) is 4.98 Å². The highest BCUT2D eigenvalue weighted by atomic mass is 32.1. The summed E-state index contributed by atoms with van der Waals surface area (Å²) in [5.41, 5.74) is 4.34. The molecule has 0 saturated carbocycles. The summed E-state index contributed by atoms with van der Waals surface area (Å²) in [6.45, 7) is 8.58. The number of carbonyl (C=O) groups is 1. The molecule has 1 aromatic carbocycles. The van der Waals surface area contributed by atoms with E-state index in [0.717, 1.165) is 29.0 Å². The molecular weight excluding hydrogens is 254 g/mol. The van der Waals surface area contributed by atoms with Crippen LogP contribution in [0.5, 0.6) is 0 Å². The molecule has 100 valence electrons. The van der Waals surface area contributed by atoms with Crippen molar-refractivity contribution in [2.24, 2.45) is 0 Å². The second-order valence-electron chi connectivity index (χ2n) is 5.86. The minimum Gasteiger partial charge on any atom is -0.298 e. The van der Waals surface area contributed by atoms with Crippen LogP contribution >= 0.6 is 11.3 Å². The van der Waals surface area contributed by atoms with Crippen molar-refractivity contribution in [3.63, 3.8) is 0 Å². The zero-order valence-corrected chi connectivity index (χ0v) is 12.7. The van der Waals surface area contributed by atoms with Crippen LogP contribution in [-0.4, -0.2) is 11.3 Å². The number of hydrogen-bond donors (Lipinski definition) is 0. The molecule has 2 aromatic rings. The van der Waals surface area contributed by atoms with Gasteiger partial charge >= 0.3 is 0 Å². The Morgan fingerprint density at radius 1 is 1.32 bits per heavy atom. The highest BCUT2D eigenvalue weighted by molar-refractivity contribution is 7.09. The average Bonchev–Trinajstić information content (AvgIpc) is 2.80. The maximum atomic E-state index is 10.8. The summed E-state index contributed by atoms with van der Waals surface area (Å²) in [5.74, 6) is 0. The topological polar surface area (TPSA) is 30.0 Å². The number of nitrogens with zero attached hydrogens (tertiary/aromatic N) is 1. The van der Waals surface area contributed by atoms with Crippen LogP contribution in [0.15, 0.2) is 23.6 Å². The van der Waals surface area contributed by atoms with Gasteiger partial charge in [0.2, 0.25) is 0 Å². The number of aldehydes is 1. The van der Waals surface area contributed by atoms with Gasteiger partial charge in [0.05, 0.1) is 10.7 Å². The zero-order valence-electron chi connectivity index (χ0n) is 11.9. The van der Waals surface area contributed by atoms with E-state index in [4.69, 9.17) is 4.98 Å². The average molecular weight is 273 g/mol. The molecule has 0 atom stereocenters. The third-order valence-electron chi connectivity index (χ3n) is 3.17. The lowest BCUT2D eigenvalue weighted by atomic mass is 9.93. The molecule has 2 rings (SSSR count). The van der Waals surface area contributed by atoms with Crippen molar-refractivity contribution in [1.29, 1.82) is 0 Å². The van der Waals surface area contributed by atoms with Crippen LogP contribution in [0.1, 0.15) is 53.0 Å². The van der Waals surface area contributed by atoms with Gasteiger partial charge in [0.15, 0.2) is 0 Å². The standard InChI is InChI=1S/C16H19NOS/c1-11-5-6-12(9-18)7-13(11)8-15-17-14(10-19-15)16(2,3)4/h5-7,9-10H,8H2,1-4H3. The number of hydrogen-bond acceptors (Lipinski definition) is 3. The van der Waals surface area contributed by atoms with Gasteiger partial charge in [0.1, 0.15) is 6.29 Å². The molecule has 1 aromatic heterocycles. The molecule has 0 aliphatic carbocycles. The van der Waals surface area contributed by atoms with Gasteiger partial charge in [-0.25, -0.2) is 4.98 Å². The normalized spacial score (nSPS) is 11.6. The van der Waals surface area contributed by atoms with E-state index in [-0.39, 0.29) is 5.41 Å². The molecule has 0 fully saturated rings. The minimum atomic E-state index is 0.0917. The number of rotatable bonds is 3. The van der Waals surface area contributed by atoms with Crippen LogP contribution in [-0.2, 0) is 11.8 Å². The van der Waals surface area contributed by atoms with E-state index in [1.54, 1.807) is 11.3 Å². The Kier molecular flexibility index (Phi) is 3.85. The predicted octanol–water partition coefficient (Wildman–Crippen LogP) is 4.15. The van der Waals surface area contributed by atoms with E-state index >= 15 is 0 Å². The van der Waals surface area contributed by atoms with Crippen LogP contribution in [0, 0.1) is 6.92 Å². The fourth-order valence-corrected chi connectivity index (χ4v) is 2.90. The van der Waals surface area contributed by atoms with Gasteiger partial charge in [-0.15, -0.1) is 11.3 Å². The SMILES string of the molecule is Cc1ccc(C=O)cc1Cc1nc(C(C)(C)C)cs1. The van der Waals surface area contributed by atoms with Crippen LogP contribution < -0.4 is 0 Å². The van der Waals surface area contributed by atoms with Crippen molar-refractivity contribution in [2.75, 3.05) is 0 Å². The Morgan fingerprint density at radius 3 is 2.63 bits per heavy atom. The first-order valence-corrected chi connectivity index (χ1v) is 7.27. The lowest BCUT2D eigenvalue weighted by Crippen LogP contribution is -2.11. The van der Waals surface area contributed by atoms with Crippen LogP contribution in [0.3, 0.4) is 0 Å². The van der Waals surface area contributed by atoms with Gasteiger partial charge in [-0.3, -0.25) is 4.79 Å². The Hall–Kier alpha value is -1.48. The highest BCUT2D eigenvalue weighted by Crippen LogP contribution is 2.25. The number of carbonyl (C=O) groups excluding carboxylic acids is 1. The summed E-state index contributed by atoms with van der Waals surface area (Å²) < 4.78 is 0. The first-order chi connectivity index (χ1) is 8.90. The number of aryl methyl sites for hydroxylation is 1. The van der Waals surface area contributed by atoms with Gasteiger partial charge in [-0.1, -0.05) is 32.9 Å². The van der Waals surface area contributed by atoms with Crippen LogP contribution in [0.4, 0.5) is 0 Å². The smallest absolute Gasteiger partial charge is 0.150 e. The summed E-state index contributed by atoms with van der Waals surface area (Å²) in [6, 6.07) is 5.81. The number of benzene rings is 1. The van der Waals surface area contributed by atoms with Gasteiger partial charge in [0, 0.05) is 22.8 Å². The van der Waals surface area contributed by atoms with E-state index in [1.165, 1.54) is 11.1 Å². The second-order valence-corrected chi connectivity index (χ2v) is 6.80. The zero-order chi connectivity index (χ0) is 14.0. The van der Waals surface area contributed by atoms with Crippen molar-refractivity contribution < 1.29 is 4.79 Å².